The monoisotopic (exact) mass is 161 g/mol. The van der Waals surface area contributed by atoms with Crippen molar-refractivity contribution in [3.8, 4) is 11.3 Å². The van der Waals surface area contributed by atoms with E-state index in [2.05, 4.69) is 18.0 Å². The Bertz CT molecular complexity index is 384. The normalized spacial score (nSPS) is 10.5. The molecule has 12 heavy (non-hydrogen) atoms. The zero-order valence-electron chi connectivity index (χ0n) is 7.22. The Morgan fingerprint density at radius 1 is 1.33 bits per heavy atom. The van der Waals surface area contributed by atoms with Gasteiger partial charge in [0.2, 0.25) is 0 Å². The van der Waals surface area contributed by atoms with E-state index in [1.165, 1.54) is 5.56 Å². The van der Waals surface area contributed by atoms with Crippen molar-refractivity contribution in [3.05, 3.63) is 35.9 Å². The number of hydrogen-bond donors (Lipinski definition) is 1. The lowest BCUT2D eigenvalue weighted by molar-refractivity contribution is 0.535. The van der Waals surface area contributed by atoms with Gasteiger partial charge in [0.15, 0.2) is 0 Å². The second kappa shape index (κ2) is 2.55. The van der Waals surface area contributed by atoms with E-state index >= 15 is 0 Å². The van der Waals surface area contributed by atoms with Crippen molar-refractivity contribution in [3.63, 3.8) is 0 Å². The third-order valence-electron chi connectivity index (χ3n) is 1.97. The van der Waals surface area contributed by atoms with Crippen LogP contribution in [0.15, 0.2) is 29.0 Å². The first-order valence-electron chi connectivity index (χ1n) is 3.97. The predicted octanol–water partition coefficient (Wildman–Crippen LogP) is 2.89. The Morgan fingerprint density at radius 2 is 2.17 bits per heavy atom. The molecule has 0 atom stereocenters. The largest absolute Gasteiger partial charge is 0.469 e. The molecule has 0 bridgehead atoms. The quantitative estimate of drug-likeness (QED) is 0.684. The average molecular weight is 161 g/mol. The molecule has 2 nitrogen and oxygen atoms in total. The summed E-state index contributed by atoms with van der Waals surface area (Å²) in [5.74, 6) is 0.944. The molecule has 0 saturated carbocycles. The van der Waals surface area contributed by atoms with Gasteiger partial charge in [-0.2, -0.15) is 0 Å². The van der Waals surface area contributed by atoms with Gasteiger partial charge in [0.05, 0.1) is 12.0 Å². The van der Waals surface area contributed by atoms with Gasteiger partial charge in [-0.1, -0.05) is 0 Å². The van der Waals surface area contributed by atoms with E-state index < -0.39 is 0 Å². The number of hydrogen-bond acceptors (Lipinski definition) is 1. The van der Waals surface area contributed by atoms with Gasteiger partial charge in [-0.25, -0.2) is 0 Å². The summed E-state index contributed by atoms with van der Waals surface area (Å²) in [6.45, 7) is 4.02. The predicted molar refractivity (Wildman–Crippen MR) is 48.0 cm³/mol. The van der Waals surface area contributed by atoms with Crippen LogP contribution in [-0.4, -0.2) is 4.98 Å². The summed E-state index contributed by atoms with van der Waals surface area (Å²) in [6.07, 6.45) is 3.71. The van der Waals surface area contributed by atoms with Crippen molar-refractivity contribution in [1.82, 2.24) is 4.98 Å². The van der Waals surface area contributed by atoms with Crippen molar-refractivity contribution in [2.75, 3.05) is 0 Å². The van der Waals surface area contributed by atoms with Crippen LogP contribution in [-0.2, 0) is 0 Å². The molecule has 0 fully saturated rings. The minimum atomic E-state index is 0.944. The van der Waals surface area contributed by atoms with Crippen LogP contribution >= 0.6 is 0 Å². The molecule has 2 rings (SSSR count). The number of H-pyrrole nitrogens is 1. The fourth-order valence-corrected chi connectivity index (χ4v) is 1.33. The summed E-state index contributed by atoms with van der Waals surface area (Å²) >= 11 is 0. The van der Waals surface area contributed by atoms with Crippen molar-refractivity contribution in [2.45, 2.75) is 13.8 Å². The lowest BCUT2D eigenvalue weighted by Gasteiger charge is -1.92. The zero-order valence-corrected chi connectivity index (χ0v) is 7.22. The van der Waals surface area contributed by atoms with Gasteiger partial charge >= 0.3 is 0 Å². The molecule has 62 valence electrons. The molecule has 0 saturated heterocycles. The Kier molecular flexibility index (Phi) is 1.54. The highest BCUT2D eigenvalue weighted by Crippen LogP contribution is 2.22. The molecule has 2 aromatic rings. The summed E-state index contributed by atoms with van der Waals surface area (Å²) in [6, 6.07) is 4.08. The van der Waals surface area contributed by atoms with Crippen molar-refractivity contribution in [1.29, 1.82) is 0 Å². The van der Waals surface area contributed by atoms with E-state index in [1.807, 2.05) is 19.2 Å². The summed E-state index contributed by atoms with van der Waals surface area (Å²) < 4.78 is 5.22. The maximum atomic E-state index is 5.22. The minimum absolute atomic E-state index is 0.944. The van der Waals surface area contributed by atoms with Crippen LogP contribution in [0.1, 0.15) is 11.3 Å². The minimum Gasteiger partial charge on any atom is -0.469 e. The molecular weight excluding hydrogens is 150 g/mol. The fraction of sp³-hybridized carbons (Fsp3) is 0.200. The molecule has 0 aliphatic carbocycles. The molecule has 0 radical (unpaired) electrons. The van der Waals surface area contributed by atoms with E-state index in [-0.39, 0.29) is 0 Å². The third-order valence-corrected chi connectivity index (χ3v) is 1.97. The number of aromatic amines is 1. The maximum absolute atomic E-state index is 5.22. The Labute approximate surface area is 71.2 Å². The summed E-state index contributed by atoms with van der Waals surface area (Å²) in [5.41, 5.74) is 3.51. The van der Waals surface area contributed by atoms with Crippen LogP contribution < -0.4 is 0 Å². The molecule has 1 N–H and O–H groups in total. The highest BCUT2D eigenvalue weighted by atomic mass is 16.3. The molecule has 0 aliphatic heterocycles. The molecular formula is C10H11NO. The zero-order chi connectivity index (χ0) is 8.55. The van der Waals surface area contributed by atoms with Crippen LogP contribution in [0.25, 0.3) is 11.3 Å². The molecule has 0 unspecified atom stereocenters. The first-order chi connectivity index (χ1) is 5.77. The third kappa shape index (κ3) is 1.05. The van der Waals surface area contributed by atoms with Gasteiger partial charge < -0.3 is 9.40 Å². The van der Waals surface area contributed by atoms with Gasteiger partial charge in [0, 0.05) is 11.8 Å². The van der Waals surface area contributed by atoms with Gasteiger partial charge in [-0.05, 0) is 31.5 Å². The first kappa shape index (κ1) is 7.22. The van der Waals surface area contributed by atoms with Crippen LogP contribution in [0.4, 0.5) is 0 Å². The van der Waals surface area contributed by atoms with Crippen molar-refractivity contribution >= 4 is 0 Å². The van der Waals surface area contributed by atoms with Crippen LogP contribution in [0.5, 0.6) is 0 Å². The second-order valence-electron chi connectivity index (χ2n) is 2.98. The molecule has 0 amide bonds. The molecule has 2 aromatic heterocycles. The van der Waals surface area contributed by atoms with E-state index in [4.69, 9.17) is 4.42 Å². The van der Waals surface area contributed by atoms with Gasteiger partial charge in [-0.3, -0.25) is 0 Å². The van der Waals surface area contributed by atoms with Crippen LogP contribution in [0.3, 0.4) is 0 Å². The summed E-state index contributed by atoms with van der Waals surface area (Å²) in [5, 5.41) is 0. The van der Waals surface area contributed by atoms with Crippen molar-refractivity contribution < 1.29 is 4.42 Å². The number of furan rings is 1. The lowest BCUT2D eigenvalue weighted by Crippen LogP contribution is -1.75. The SMILES string of the molecule is Cc1cc(-c2[nH]ccc2C)co1. The standard InChI is InChI=1S/C10H11NO/c1-7-3-4-11-10(7)9-5-8(2)12-6-9/h3-6,11H,1-2H3. The van der Waals surface area contributed by atoms with Crippen molar-refractivity contribution in [2.24, 2.45) is 0 Å². The molecule has 0 spiro atoms. The summed E-state index contributed by atoms with van der Waals surface area (Å²) in [4.78, 5) is 3.18. The first-order valence-corrected chi connectivity index (χ1v) is 3.97. The Balaban J connectivity index is 2.50. The number of aromatic nitrogens is 1. The van der Waals surface area contributed by atoms with Gasteiger partial charge in [0.25, 0.3) is 0 Å². The van der Waals surface area contributed by atoms with E-state index in [9.17, 15) is 0 Å². The number of rotatable bonds is 1. The van der Waals surface area contributed by atoms with E-state index in [1.54, 1.807) is 6.26 Å². The fourth-order valence-electron chi connectivity index (χ4n) is 1.33. The van der Waals surface area contributed by atoms with Crippen LogP contribution in [0, 0.1) is 13.8 Å². The lowest BCUT2D eigenvalue weighted by atomic mass is 10.1. The highest BCUT2D eigenvalue weighted by molar-refractivity contribution is 5.62. The van der Waals surface area contributed by atoms with E-state index in [0.717, 1.165) is 17.0 Å². The Hall–Kier alpha value is -1.44. The van der Waals surface area contributed by atoms with Gasteiger partial charge in [-0.15, -0.1) is 0 Å². The average Bonchev–Trinajstić information content (AvgIpc) is 2.58. The maximum Gasteiger partial charge on any atom is 0.101 e. The number of aryl methyl sites for hydroxylation is 2. The van der Waals surface area contributed by atoms with Crippen LogP contribution in [0.2, 0.25) is 0 Å². The second-order valence-corrected chi connectivity index (χ2v) is 2.98. The number of nitrogens with one attached hydrogen (secondary N) is 1. The Morgan fingerprint density at radius 3 is 2.67 bits per heavy atom. The molecule has 2 heteroatoms. The highest BCUT2D eigenvalue weighted by Gasteiger charge is 2.04. The molecule has 0 aliphatic rings. The molecule has 2 heterocycles. The smallest absolute Gasteiger partial charge is 0.101 e. The molecule has 0 aromatic carbocycles. The topological polar surface area (TPSA) is 28.9 Å². The summed E-state index contributed by atoms with van der Waals surface area (Å²) in [7, 11) is 0. The van der Waals surface area contributed by atoms with Gasteiger partial charge in [0.1, 0.15) is 5.76 Å². The van der Waals surface area contributed by atoms with E-state index in [0.29, 0.717) is 0 Å².